The lowest BCUT2D eigenvalue weighted by molar-refractivity contribution is 0.669. The number of furan rings is 1. The monoisotopic (exact) mass is 412 g/mol. The van der Waals surface area contributed by atoms with Gasteiger partial charge >= 0.3 is 0 Å². The Morgan fingerprint density at radius 1 is 0.500 bits per heavy atom. The second-order valence-electron chi connectivity index (χ2n) is 8.79. The van der Waals surface area contributed by atoms with E-state index in [2.05, 4.69) is 105 Å². The summed E-state index contributed by atoms with van der Waals surface area (Å²) in [5, 5.41) is 4.86. The third kappa shape index (κ3) is 3.01. The van der Waals surface area contributed by atoms with E-state index in [4.69, 9.17) is 4.42 Å². The number of hydrogen-bond donors (Lipinski definition) is 0. The van der Waals surface area contributed by atoms with Gasteiger partial charge in [0.2, 0.25) is 0 Å². The maximum atomic E-state index is 6.15. The van der Waals surface area contributed by atoms with Gasteiger partial charge in [-0.25, -0.2) is 0 Å². The number of benzene rings is 5. The van der Waals surface area contributed by atoms with E-state index in [1.807, 2.05) is 12.1 Å². The summed E-state index contributed by atoms with van der Waals surface area (Å²) in [6, 6.07) is 37.0. The molecule has 5 aromatic carbocycles. The van der Waals surface area contributed by atoms with Gasteiger partial charge in [-0.05, 0) is 62.7 Å². The molecule has 0 amide bonds. The summed E-state index contributed by atoms with van der Waals surface area (Å²) in [6.45, 7) is 4.47. The van der Waals surface area contributed by atoms with E-state index in [9.17, 15) is 0 Å². The van der Waals surface area contributed by atoms with Crippen LogP contribution < -0.4 is 0 Å². The Labute approximate surface area is 187 Å². The quantitative estimate of drug-likeness (QED) is 0.282. The predicted octanol–water partition coefficient (Wildman–Crippen LogP) is 9.20. The first-order valence-corrected chi connectivity index (χ1v) is 11.2. The SMILES string of the molecule is CC(C)c1ccc(-c2ccc(-c3ccc4c(c3)oc3ccccc34)c3ccccc23)cc1. The zero-order chi connectivity index (χ0) is 21.7. The highest BCUT2D eigenvalue weighted by molar-refractivity contribution is 6.08. The van der Waals surface area contributed by atoms with Crippen molar-refractivity contribution in [3.05, 3.63) is 109 Å². The van der Waals surface area contributed by atoms with Gasteiger partial charge in [-0.2, -0.15) is 0 Å². The van der Waals surface area contributed by atoms with Gasteiger partial charge in [0.05, 0.1) is 0 Å². The summed E-state index contributed by atoms with van der Waals surface area (Å²) in [6.07, 6.45) is 0. The van der Waals surface area contributed by atoms with Crippen LogP contribution in [0.4, 0.5) is 0 Å². The molecule has 0 aliphatic carbocycles. The first-order valence-electron chi connectivity index (χ1n) is 11.2. The average Bonchev–Trinajstić information content (AvgIpc) is 3.21. The van der Waals surface area contributed by atoms with Gasteiger partial charge in [-0.1, -0.05) is 98.8 Å². The highest BCUT2D eigenvalue weighted by Crippen LogP contribution is 2.38. The van der Waals surface area contributed by atoms with Crippen LogP contribution in [0.3, 0.4) is 0 Å². The molecule has 0 aliphatic heterocycles. The molecule has 1 heteroatoms. The van der Waals surface area contributed by atoms with Crippen molar-refractivity contribution in [1.29, 1.82) is 0 Å². The molecule has 0 aliphatic rings. The Morgan fingerprint density at radius 2 is 1.06 bits per heavy atom. The third-order valence-corrected chi connectivity index (χ3v) is 6.50. The zero-order valence-electron chi connectivity index (χ0n) is 18.3. The van der Waals surface area contributed by atoms with Crippen LogP contribution in [0, 0.1) is 0 Å². The number of para-hydroxylation sites is 1. The first-order chi connectivity index (χ1) is 15.7. The second-order valence-corrected chi connectivity index (χ2v) is 8.79. The summed E-state index contributed by atoms with van der Waals surface area (Å²) in [7, 11) is 0. The molecule has 0 bridgehead atoms. The van der Waals surface area contributed by atoms with E-state index in [0.29, 0.717) is 5.92 Å². The highest BCUT2D eigenvalue weighted by Gasteiger charge is 2.12. The van der Waals surface area contributed by atoms with Crippen molar-refractivity contribution in [2.75, 3.05) is 0 Å². The van der Waals surface area contributed by atoms with Crippen molar-refractivity contribution in [1.82, 2.24) is 0 Å². The predicted molar refractivity (Wildman–Crippen MR) is 136 cm³/mol. The Morgan fingerprint density at radius 3 is 1.75 bits per heavy atom. The largest absolute Gasteiger partial charge is 0.456 e. The summed E-state index contributed by atoms with van der Waals surface area (Å²) < 4.78 is 6.15. The Kier molecular flexibility index (Phi) is 4.36. The topological polar surface area (TPSA) is 13.1 Å². The molecular formula is C31H24O. The average molecular weight is 413 g/mol. The van der Waals surface area contributed by atoms with Crippen LogP contribution in [0.2, 0.25) is 0 Å². The summed E-state index contributed by atoms with van der Waals surface area (Å²) in [5.41, 5.74) is 8.16. The zero-order valence-corrected chi connectivity index (χ0v) is 18.3. The molecule has 1 aromatic heterocycles. The van der Waals surface area contributed by atoms with Crippen LogP contribution in [-0.4, -0.2) is 0 Å². The molecule has 0 spiro atoms. The second kappa shape index (κ2) is 7.39. The Hall–Kier alpha value is -3.84. The molecule has 1 heterocycles. The van der Waals surface area contributed by atoms with E-state index >= 15 is 0 Å². The minimum Gasteiger partial charge on any atom is -0.456 e. The van der Waals surface area contributed by atoms with E-state index in [1.165, 1.54) is 44.0 Å². The minimum atomic E-state index is 0.538. The number of hydrogen-bond acceptors (Lipinski definition) is 1. The number of fused-ring (bicyclic) bond motifs is 4. The first kappa shape index (κ1) is 18.9. The van der Waals surface area contributed by atoms with Crippen molar-refractivity contribution in [2.45, 2.75) is 19.8 Å². The molecule has 6 aromatic rings. The molecule has 0 radical (unpaired) electrons. The molecule has 1 nitrogen and oxygen atoms in total. The summed E-state index contributed by atoms with van der Waals surface area (Å²) >= 11 is 0. The van der Waals surface area contributed by atoms with Gasteiger partial charge in [0, 0.05) is 10.8 Å². The molecule has 0 saturated carbocycles. The van der Waals surface area contributed by atoms with E-state index in [1.54, 1.807) is 0 Å². The van der Waals surface area contributed by atoms with E-state index in [0.717, 1.165) is 16.6 Å². The van der Waals surface area contributed by atoms with E-state index < -0.39 is 0 Å². The van der Waals surface area contributed by atoms with Gasteiger partial charge in [0.15, 0.2) is 0 Å². The van der Waals surface area contributed by atoms with Crippen molar-refractivity contribution >= 4 is 32.7 Å². The van der Waals surface area contributed by atoms with Crippen molar-refractivity contribution < 1.29 is 4.42 Å². The lowest BCUT2D eigenvalue weighted by Crippen LogP contribution is -1.89. The van der Waals surface area contributed by atoms with Crippen LogP contribution in [0.1, 0.15) is 25.3 Å². The van der Waals surface area contributed by atoms with Crippen molar-refractivity contribution in [3.8, 4) is 22.3 Å². The van der Waals surface area contributed by atoms with Gasteiger partial charge in [0.1, 0.15) is 11.2 Å². The molecule has 0 atom stereocenters. The third-order valence-electron chi connectivity index (χ3n) is 6.50. The molecule has 32 heavy (non-hydrogen) atoms. The van der Waals surface area contributed by atoms with Gasteiger partial charge in [0.25, 0.3) is 0 Å². The maximum absolute atomic E-state index is 6.15. The fraction of sp³-hybridized carbons (Fsp3) is 0.0968. The van der Waals surface area contributed by atoms with Crippen LogP contribution >= 0.6 is 0 Å². The van der Waals surface area contributed by atoms with Crippen LogP contribution in [-0.2, 0) is 0 Å². The van der Waals surface area contributed by atoms with Crippen molar-refractivity contribution in [3.63, 3.8) is 0 Å². The Bertz CT molecular complexity index is 1580. The fourth-order valence-corrected chi connectivity index (χ4v) is 4.74. The normalized spacial score (nSPS) is 11.7. The summed E-state index contributed by atoms with van der Waals surface area (Å²) in [4.78, 5) is 0. The van der Waals surface area contributed by atoms with Crippen LogP contribution in [0.25, 0.3) is 55.0 Å². The fourth-order valence-electron chi connectivity index (χ4n) is 4.74. The molecular weight excluding hydrogens is 388 g/mol. The van der Waals surface area contributed by atoms with Gasteiger partial charge < -0.3 is 4.42 Å². The molecule has 0 saturated heterocycles. The van der Waals surface area contributed by atoms with Crippen LogP contribution in [0.15, 0.2) is 108 Å². The Balaban J connectivity index is 1.52. The van der Waals surface area contributed by atoms with Gasteiger partial charge in [-0.15, -0.1) is 0 Å². The summed E-state index contributed by atoms with van der Waals surface area (Å²) in [5.74, 6) is 0.538. The lowest BCUT2D eigenvalue weighted by atomic mass is 9.91. The molecule has 0 unspecified atom stereocenters. The van der Waals surface area contributed by atoms with Gasteiger partial charge in [-0.3, -0.25) is 0 Å². The molecule has 6 rings (SSSR count). The highest BCUT2D eigenvalue weighted by atomic mass is 16.3. The van der Waals surface area contributed by atoms with E-state index in [-0.39, 0.29) is 0 Å². The molecule has 154 valence electrons. The van der Waals surface area contributed by atoms with Crippen molar-refractivity contribution in [2.24, 2.45) is 0 Å². The minimum absolute atomic E-state index is 0.538. The molecule has 0 fully saturated rings. The smallest absolute Gasteiger partial charge is 0.136 e. The van der Waals surface area contributed by atoms with Crippen LogP contribution in [0.5, 0.6) is 0 Å². The molecule has 0 N–H and O–H groups in total. The standard InChI is InChI=1S/C31H24O/c1-20(2)21-11-13-22(14-12-21)24-17-18-25(27-8-4-3-7-26(24)27)23-15-16-29-28-9-5-6-10-30(28)32-31(29)19-23/h3-20H,1-2H3. The number of rotatable bonds is 3. The lowest BCUT2D eigenvalue weighted by Gasteiger charge is -2.13. The maximum Gasteiger partial charge on any atom is 0.136 e.